The number of likely N-dealkylation sites (N-methyl/N-ethyl adjacent to an activating group) is 1. The summed E-state index contributed by atoms with van der Waals surface area (Å²) in [6.07, 6.45) is 4.69. The molecular weight excluding hydrogens is 300 g/mol. The largest absolute Gasteiger partial charge is 0.310 e. The first-order chi connectivity index (χ1) is 9.20. The minimum atomic E-state index is 0.346. The summed E-state index contributed by atoms with van der Waals surface area (Å²) in [4.78, 5) is 4.07. The molecule has 0 saturated carbocycles. The Balaban J connectivity index is 2.21. The van der Waals surface area contributed by atoms with Crippen molar-refractivity contribution < 1.29 is 0 Å². The van der Waals surface area contributed by atoms with Gasteiger partial charge < -0.3 is 5.32 Å². The van der Waals surface area contributed by atoms with Gasteiger partial charge in [0.15, 0.2) is 0 Å². The topological polar surface area (TPSA) is 24.9 Å². The number of hydrogen-bond acceptors (Lipinski definition) is 2. The number of nitrogens with one attached hydrogen (secondary N) is 1. The molecule has 0 fully saturated rings. The Hall–Kier alpha value is -1.19. The number of rotatable bonds is 5. The molecule has 2 nitrogen and oxygen atoms in total. The fraction of sp³-hybridized carbons (Fsp3) is 0.312. The average Bonchev–Trinajstić information content (AvgIpc) is 2.43. The molecule has 1 atom stereocenters. The predicted molar refractivity (Wildman–Crippen MR) is 83.2 cm³/mol. The third-order valence-electron chi connectivity index (χ3n) is 3.22. The zero-order valence-electron chi connectivity index (χ0n) is 11.4. The number of benzene rings is 1. The molecule has 19 heavy (non-hydrogen) atoms. The molecule has 1 aromatic heterocycles. The molecule has 1 N–H and O–H groups in total. The van der Waals surface area contributed by atoms with E-state index in [9.17, 15) is 0 Å². The van der Waals surface area contributed by atoms with Crippen molar-refractivity contribution in [2.24, 2.45) is 0 Å². The van der Waals surface area contributed by atoms with Gasteiger partial charge in [-0.3, -0.25) is 4.98 Å². The molecule has 0 amide bonds. The normalized spacial score (nSPS) is 12.4. The first kappa shape index (κ1) is 14.2. The second kappa shape index (κ2) is 6.83. The van der Waals surface area contributed by atoms with Gasteiger partial charge in [0.05, 0.1) is 0 Å². The summed E-state index contributed by atoms with van der Waals surface area (Å²) in [6.45, 7) is 5.24. The highest BCUT2D eigenvalue weighted by Gasteiger charge is 2.12. The van der Waals surface area contributed by atoms with Crippen molar-refractivity contribution in [3.05, 3.63) is 63.9 Å². The van der Waals surface area contributed by atoms with Crippen LogP contribution in [0.3, 0.4) is 0 Å². The zero-order valence-corrected chi connectivity index (χ0v) is 12.9. The van der Waals surface area contributed by atoms with E-state index >= 15 is 0 Å². The molecule has 0 bridgehead atoms. The summed E-state index contributed by atoms with van der Waals surface area (Å²) in [7, 11) is 0. The molecule has 100 valence electrons. The molecule has 0 saturated heterocycles. The maximum atomic E-state index is 4.07. The smallest absolute Gasteiger partial charge is 0.0360 e. The standard InChI is InChI=1S/C16H19BrN2/c1-3-19-16(11-13-6-8-18-9-7-13)14-4-5-15(17)12(2)10-14/h4-10,16,19H,3,11H2,1-2H3. The van der Waals surface area contributed by atoms with Crippen LogP contribution in [0, 0.1) is 6.92 Å². The lowest BCUT2D eigenvalue weighted by molar-refractivity contribution is 0.549. The summed E-state index contributed by atoms with van der Waals surface area (Å²) in [5, 5.41) is 3.56. The van der Waals surface area contributed by atoms with Gasteiger partial charge in [0.1, 0.15) is 0 Å². The molecule has 1 heterocycles. The number of aromatic nitrogens is 1. The second-order valence-corrected chi connectivity index (χ2v) is 5.53. The van der Waals surface area contributed by atoms with E-state index in [1.54, 1.807) is 0 Å². The highest BCUT2D eigenvalue weighted by atomic mass is 79.9. The first-order valence-corrected chi connectivity index (χ1v) is 7.38. The minimum Gasteiger partial charge on any atom is -0.310 e. The van der Waals surface area contributed by atoms with Crippen LogP contribution in [0.25, 0.3) is 0 Å². The molecule has 0 aliphatic heterocycles. The van der Waals surface area contributed by atoms with Crippen LogP contribution >= 0.6 is 15.9 Å². The van der Waals surface area contributed by atoms with E-state index in [0.29, 0.717) is 6.04 Å². The van der Waals surface area contributed by atoms with E-state index in [4.69, 9.17) is 0 Å². The maximum Gasteiger partial charge on any atom is 0.0360 e. The van der Waals surface area contributed by atoms with Crippen molar-refractivity contribution in [1.82, 2.24) is 10.3 Å². The van der Waals surface area contributed by atoms with Crippen molar-refractivity contribution >= 4 is 15.9 Å². The van der Waals surface area contributed by atoms with E-state index in [1.165, 1.54) is 16.7 Å². The molecule has 1 aromatic carbocycles. The highest BCUT2D eigenvalue weighted by molar-refractivity contribution is 9.10. The predicted octanol–water partition coefficient (Wildman–Crippen LogP) is 4.05. The molecule has 0 aliphatic rings. The van der Waals surface area contributed by atoms with Crippen LogP contribution < -0.4 is 5.32 Å². The Morgan fingerprint density at radius 3 is 2.58 bits per heavy atom. The molecule has 3 heteroatoms. The van der Waals surface area contributed by atoms with Crippen molar-refractivity contribution in [3.8, 4) is 0 Å². The second-order valence-electron chi connectivity index (χ2n) is 4.68. The quantitative estimate of drug-likeness (QED) is 0.899. The summed E-state index contributed by atoms with van der Waals surface area (Å²) in [5.41, 5.74) is 3.91. The minimum absolute atomic E-state index is 0.346. The van der Waals surface area contributed by atoms with Crippen molar-refractivity contribution in [2.75, 3.05) is 6.54 Å². The maximum absolute atomic E-state index is 4.07. The van der Waals surface area contributed by atoms with Crippen LogP contribution in [0.1, 0.15) is 29.7 Å². The fourth-order valence-corrected chi connectivity index (χ4v) is 2.44. The monoisotopic (exact) mass is 318 g/mol. The van der Waals surface area contributed by atoms with Gasteiger partial charge >= 0.3 is 0 Å². The summed E-state index contributed by atoms with van der Waals surface area (Å²) >= 11 is 3.56. The van der Waals surface area contributed by atoms with Gasteiger partial charge in [-0.1, -0.05) is 35.0 Å². The summed E-state index contributed by atoms with van der Waals surface area (Å²) in [6, 6.07) is 11.1. The number of pyridine rings is 1. The van der Waals surface area contributed by atoms with Gasteiger partial charge in [-0.15, -0.1) is 0 Å². The number of hydrogen-bond donors (Lipinski definition) is 1. The lowest BCUT2D eigenvalue weighted by Gasteiger charge is -2.19. The molecule has 1 unspecified atom stereocenters. The lowest BCUT2D eigenvalue weighted by atomic mass is 9.98. The Bertz CT molecular complexity index is 526. The van der Waals surface area contributed by atoms with Gasteiger partial charge in [0.25, 0.3) is 0 Å². The van der Waals surface area contributed by atoms with Crippen LogP contribution in [0.5, 0.6) is 0 Å². The van der Waals surface area contributed by atoms with Crippen LogP contribution in [0.4, 0.5) is 0 Å². The fourth-order valence-electron chi connectivity index (χ4n) is 2.19. The Morgan fingerprint density at radius 2 is 1.95 bits per heavy atom. The third-order valence-corrected chi connectivity index (χ3v) is 4.11. The van der Waals surface area contributed by atoms with Gasteiger partial charge in [-0.25, -0.2) is 0 Å². The van der Waals surface area contributed by atoms with Crippen molar-refractivity contribution in [2.45, 2.75) is 26.3 Å². The zero-order chi connectivity index (χ0) is 13.7. The molecule has 0 aliphatic carbocycles. The van der Waals surface area contributed by atoms with E-state index in [1.807, 2.05) is 12.4 Å². The van der Waals surface area contributed by atoms with Crippen LogP contribution in [0.15, 0.2) is 47.2 Å². The number of aryl methyl sites for hydroxylation is 1. The number of halogens is 1. The summed E-state index contributed by atoms with van der Waals surface area (Å²) in [5.74, 6) is 0. The molecule has 2 aromatic rings. The van der Waals surface area contributed by atoms with Crippen LogP contribution in [0.2, 0.25) is 0 Å². The van der Waals surface area contributed by atoms with Gasteiger partial charge in [-0.05, 0) is 54.8 Å². The Kier molecular flexibility index (Phi) is 5.11. The third kappa shape index (κ3) is 3.88. The lowest BCUT2D eigenvalue weighted by Crippen LogP contribution is -2.23. The molecule has 0 spiro atoms. The van der Waals surface area contributed by atoms with Gasteiger partial charge in [-0.2, -0.15) is 0 Å². The highest BCUT2D eigenvalue weighted by Crippen LogP contribution is 2.23. The van der Waals surface area contributed by atoms with Crippen molar-refractivity contribution in [3.63, 3.8) is 0 Å². The molecule has 2 rings (SSSR count). The van der Waals surface area contributed by atoms with Gasteiger partial charge in [0.2, 0.25) is 0 Å². The average molecular weight is 319 g/mol. The van der Waals surface area contributed by atoms with Crippen LogP contribution in [-0.2, 0) is 6.42 Å². The van der Waals surface area contributed by atoms with E-state index in [2.05, 4.69) is 70.4 Å². The SMILES string of the molecule is CCNC(Cc1ccncc1)c1ccc(Br)c(C)c1. The Labute approximate surface area is 123 Å². The van der Waals surface area contributed by atoms with Gasteiger partial charge in [0, 0.05) is 22.9 Å². The Morgan fingerprint density at radius 1 is 1.21 bits per heavy atom. The first-order valence-electron chi connectivity index (χ1n) is 6.59. The molecular formula is C16H19BrN2. The summed E-state index contributed by atoms with van der Waals surface area (Å²) < 4.78 is 1.16. The van der Waals surface area contributed by atoms with E-state index in [0.717, 1.165) is 17.4 Å². The van der Waals surface area contributed by atoms with E-state index in [-0.39, 0.29) is 0 Å². The number of nitrogens with zero attached hydrogens (tertiary/aromatic N) is 1. The van der Waals surface area contributed by atoms with Crippen molar-refractivity contribution in [1.29, 1.82) is 0 Å². The molecule has 0 radical (unpaired) electrons. The van der Waals surface area contributed by atoms with Crippen LogP contribution in [-0.4, -0.2) is 11.5 Å². The van der Waals surface area contributed by atoms with E-state index < -0.39 is 0 Å².